The highest BCUT2D eigenvalue weighted by molar-refractivity contribution is 9.10. The summed E-state index contributed by atoms with van der Waals surface area (Å²) >= 11 is 3.21. The van der Waals surface area contributed by atoms with Gasteiger partial charge in [0.25, 0.3) is 5.91 Å². The first kappa shape index (κ1) is 13.8. The molecule has 1 aliphatic rings. The van der Waals surface area contributed by atoms with Gasteiger partial charge in [-0.1, -0.05) is 0 Å². The molecule has 2 amide bonds. The summed E-state index contributed by atoms with van der Waals surface area (Å²) < 4.78 is 5.98. The van der Waals surface area contributed by atoms with E-state index in [4.69, 9.17) is 4.42 Å². The molecule has 0 aromatic carbocycles. The van der Waals surface area contributed by atoms with Gasteiger partial charge in [0, 0.05) is 26.9 Å². The minimum atomic E-state index is -0.188. The zero-order valence-corrected chi connectivity index (χ0v) is 12.3. The van der Waals surface area contributed by atoms with Gasteiger partial charge in [-0.2, -0.15) is 5.10 Å². The Morgan fingerprint density at radius 1 is 1.53 bits per heavy atom. The topological polar surface area (TPSA) is 66.1 Å². The summed E-state index contributed by atoms with van der Waals surface area (Å²) in [6, 6.07) is 3.57. The molecule has 0 saturated carbocycles. The fourth-order valence-corrected chi connectivity index (χ4v) is 2.13. The Morgan fingerprint density at radius 2 is 2.26 bits per heavy atom. The quantitative estimate of drug-likeness (QED) is 0.847. The molecule has 19 heavy (non-hydrogen) atoms. The molecule has 0 aliphatic carbocycles. The lowest BCUT2D eigenvalue weighted by molar-refractivity contribution is -0.130. The number of rotatable bonds is 3. The van der Waals surface area contributed by atoms with Crippen molar-refractivity contribution in [3.8, 4) is 0 Å². The molecule has 0 unspecified atom stereocenters. The Bertz CT molecular complexity index is 538. The molecule has 0 atom stereocenters. The summed E-state index contributed by atoms with van der Waals surface area (Å²) in [6.45, 7) is 0.362. The normalized spacial score (nSPS) is 15.4. The molecule has 0 saturated heterocycles. The van der Waals surface area contributed by atoms with E-state index in [9.17, 15) is 9.59 Å². The maximum atomic E-state index is 12.2. The van der Waals surface area contributed by atoms with Crippen LogP contribution in [0.1, 0.15) is 18.6 Å². The van der Waals surface area contributed by atoms with E-state index < -0.39 is 0 Å². The molecule has 1 aromatic rings. The lowest BCUT2D eigenvalue weighted by atomic mass is 10.1. The third kappa shape index (κ3) is 3.23. The van der Waals surface area contributed by atoms with Crippen LogP contribution in [0, 0.1) is 0 Å². The van der Waals surface area contributed by atoms with Crippen molar-refractivity contribution in [3.05, 3.63) is 22.6 Å². The van der Waals surface area contributed by atoms with Crippen LogP contribution in [0.3, 0.4) is 0 Å². The van der Waals surface area contributed by atoms with Gasteiger partial charge in [0.2, 0.25) is 5.91 Å². The van der Waals surface area contributed by atoms with Gasteiger partial charge in [0.15, 0.2) is 4.67 Å². The summed E-state index contributed by atoms with van der Waals surface area (Å²) in [5.74, 6) is 0.421. The van der Waals surface area contributed by atoms with Gasteiger partial charge in [0.1, 0.15) is 11.5 Å². The molecule has 0 spiro atoms. The average molecular weight is 328 g/mol. The number of nitrogens with zero attached hydrogens (tertiary/aromatic N) is 3. The lowest BCUT2D eigenvalue weighted by Crippen LogP contribution is -2.38. The van der Waals surface area contributed by atoms with Crippen molar-refractivity contribution in [2.75, 3.05) is 14.1 Å². The van der Waals surface area contributed by atoms with Crippen molar-refractivity contribution in [1.82, 2.24) is 9.91 Å². The van der Waals surface area contributed by atoms with Gasteiger partial charge in [-0.3, -0.25) is 9.59 Å². The Morgan fingerprint density at radius 3 is 2.84 bits per heavy atom. The largest absolute Gasteiger partial charge is 0.452 e. The number of furan rings is 1. The first-order valence-electron chi connectivity index (χ1n) is 5.81. The standard InChI is InChI=1S/C12H14BrN3O3/c1-15(7-8-3-5-10(13)19-8)12(18)9-4-6-11(17)16(2)14-9/h3,5H,4,6-7H2,1-2H3. The van der Waals surface area contributed by atoms with Crippen molar-refractivity contribution in [2.45, 2.75) is 19.4 Å². The number of hydrogen-bond acceptors (Lipinski definition) is 4. The van der Waals surface area contributed by atoms with Crippen LogP contribution in [0.15, 0.2) is 26.3 Å². The molecule has 1 aromatic heterocycles. The predicted octanol–water partition coefficient (Wildman–Crippen LogP) is 1.61. The monoisotopic (exact) mass is 327 g/mol. The molecule has 6 nitrogen and oxygen atoms in total. The van der Waals surface area contributed by atoms with Crippen molar-refractivity contribution >= 4 is 33.5 Å². The Balaban J connectivity index is 2.03. The Kier molecular flexibility index (Phi) is 4.04. The minimum absolute atomic E-state index is 0.0748. The summed E-state index contributed by atoms with van der Waals surface area (Å²) in [6.07, 6.45) is 0.704. The van der Waals surface area contributed by atoms with E-state index >= 15 is 0 Å². The maximum absolute atomic E-state index is 12.2. The molecular formula is C12H14BrN3O3. The zero-order chi connectivity index (χ0) is 14.0. The molecular weight excluding hydrogens is 314 g/mol. The van der Waals surface area contributed by atoms with Crippen LogP contribution in [-0.4, -0.2) is 41.5 Å². The second-order valence-corrected chi connectivity index (χ2v) is 5.11. The number of hydrazone groups is 1. The predicted molar refractivity (Wildman–Crippen MR) is 72.3 cm³/mol. The first-order chi connectivity index (χ1) is 8.97. The highest BCUT2D eigenvalue weighted by atomic mass is 79.9. The van der Waals surface area contributed by atoms with Gasteiger partial charge in [0.05, 0.1) is 6.54 Å². The van der Waals surface area contributed by atoms with Gasteiger partial charge in [-0.05, 0) is 28.1 Å². The molecule has 102 valence electrons. The average Bonchev–Trinajstić information content (AvgIpc) is 2.77. The van der Waals surface area contributed by atoms with E-state index in [0.29, 0.717) is 35.5 Å². The lowest BCUT2D eigenvalue weighted by Gasteiger charge is -2.22. The first-order valence-corrected chi connectivity index (χ1v) is 6.60. The van der Waals surface area contributed by atoms with E-state index in [2.05, 4.69) is 21.0 Å². The summed E-state index contributed by atoms with van der Waals surface area (Å²) in [7, 11) is 3.23. The van der Waals surface area contributed by atoms with Crippen LogP contribution in [0.5, 0.6) is 0 Å². The van der Waals surface area contributed by atoms with Crippen LogP contribution < -0.4 is 0 Å². The van der Waals surface area contributed by atoms with Crippen molar-refractivity contribution in [2.24, 2.45) is 5.10 Å². The van der Waals surface area contributed by atoms with Crippen LogP contribution in [-0.2, 0) is 16.1 Å². The summed E-state index contributed by atoms with van der Waals surface area (Å²) in [5, 5.41) is 5.22. The van der Waals surface area contributed by atoms with Crippen molar-refractivity contribution in [3.63, 3.8) is 0 Å². The van der Waals surface area contributed by atoms with E-state index in [1.54, 1.807) is 26.2 Å². The van der Waals surface area contributed by atoms with Crippen LogP contribution in [0.2, 0.25) is 0 Å². The van der Waals surface area contributed by atoms with E-state index in [-0.39, 0.29) is 11.8 Å². The SMILES string of the molecule is CN(Cc1ccc(Br)o1)C(=O)C1=NN(C)C(=O)CC1. The van der Waals surface area contributed by atoms with Gasteiger partial charge >= 0.3 is 0 Å². The van der Waals surface area contributed by atoms with Crippen LogP contribution >= 0.6 is 15.9 Å². The second kappa shape index (κ2) is 5.56. The summed E-state index contributed by atoms with van der Waals surface area (Å²) in [4.78, 5) is 25.0. The third-order valence-corrected chi connectivity index (χ3v) is 3.25. The smallest absolute Gasteiger partial charge is 0.270 e. The highest BCUT2D eigenvalue weighted by Gasteiger charge is 2.24. The van der Waals surface area contributed by atoms with E-state index in [1.807, 2.05) is 0 Å². The molecule has 7 heteroatoms. The second-order valence-electron chi connectivity index (χ2n) is 4.33. The number of carbonyl (C=O) groups excluding carboxylic acids is 2. The van der Waals surface area contributed by atoms with Crippen molar-refractivity contribution in [1.29, 1.82) is 0 Å². The fraction of sp³-hybridized carbons (Fsp3) is 0.417. The van der Waals surface area contributed by atoms with Gasteiger partial charge < -0.3 is 9.32 Å². The summed E-state index contributed by atoms with van der Waals surface area (Å²) in [5.41, 5.74) is 0.398. The molecule has 0 fully saturated rings. The molecule has 2 rings (SSSR count). The van der Waals surface area contributed by atoms with Crippen LogP contribution in [0.25, 0.3) is 0 Å². The number of amides is 2. The third-order valence-electron chi connectivity index (χ3n) is 2.82. The maximum Gasteiger partial charge on any atom is 0.270 e. The van der Waals surface area contributed by atoms with Gasteiger partial charge in [-0.15, -0.1) is 0 Å². The molecule has 1 aliphatic heterocycles. The molecule has 0 radical (unpaired) electrons. The Labute approximate surface area is 119 Å². The van der Waals surface area contributed by atoms with E-state index in [1.165, 1.54) is 9.91 Å². The Hall–Kier alpha value is -1.63. The fourth-order valence-electron chi connectivity index (χ4n) is 1.79. The molecule has 0 N–H and O–H groups in total. The van der Waals surface area contributed by atoms with Crippen molar-refractivity contribution < 1.29 is 14.0 Å². The minimum Gasteiger partial charge on any atom is -0.452 e. The number of carbonyl (C=O) groups is 2. The molecule has 2 heterocycles. The highest BCUT2D eigenvalue weighted by Crippen LogP contribution is 2.16. The van der Waals surface area contributed by atoms with Crippen LogP contribution in [0.4, 0.5) is 0 Å². The molecule has 0 bridgehead atoms. The van der Waals surface area contributed by atoms with E-state index in [0.717, 1.165) is 0 Å². The zero-order valence-electron chi connectivity index (χ0n) is 10.7. The van der Waals surface area contributed by atoms with Gasteiger partial charge in [-0.25, -0.2) is 5.01 Å². The number of hydrogen-bond donors (Lipinski definition) is 0. The number of halogens is 1.